The Morgan fingerprint density at radius 2 is 1.96 bits per heavy atom. The average Bonchev–Trinajstić information content (AvgIpc) is 2.58. The van der Waals surface area contributed by atoms with Gasteiger partial charge in [-0.05, 0) is 23.8 Å². The van der Waals surface area contributed by atoms with Gasteiger partial charge < -0.3 is 20.0 Å². The van der Waals surface area contributed by atoms with Crippen molar-refractivity contribution in [3.05, 3.63) is 59.7 Å². The Morgan fingerprint density at radius 1 is 1.17 bits per heavy atom. The molecule has 2 aromatic rings. The fourth-order valence-electron chi connectivity index (χ4n) is 1.82. The van der Waals surface area contributed by atoms with E-state index < -0.39 is 5.91 Å². The third-order valence-electron chi connectivity index (χ3n) is 2.91. The number of rotatable bonds is 8. The van der Waals surface area contributed by atoms with Crippen LogP contribution in [0.3, 0.4) is 0 Å². The summed E-state index contributed by atoms with van der Waals surface area (Å²) in [5, 5.41) is 3.66. The molecule has 2 aromatic carbocycles. The van der Waals surface area contributed by atoms with Crippen LogP contribution in [0.2, 0.25) is 0 Å². The smallest absolute Gasteiger partial charge is 0.258 e. The first kappa shape index (κ1) is 16.4. The molecule has 23 heavy (non-hydrogen) atoms. The summed E-state index contributed by atoms with van der Waals surface area (Å²) in [6.07, 6.45) is 1.46. The molecule has 0 bridgehead atoms. The number of benzene rings is 2. The highest BCUT2D eigenvalue weighted by atomic mass is 16.6. The van der Waals surface area contributed by atoms with Crippen LogP contribution in [0.5, 0.6) is 11.5 Å². The molecule has 0 fully saturated rings. The van der Waals surface area contributed by atoms with Crippen molar-refractivity contribution in [3.8, 4) is 11.5 Å². The lowest BCUT2D eigenvalue weighted by molar-refractivity contribution is -0.122. The summed E-state index contributed by atoms with van der Waals surface area (Å²) in [4.78, 5) is 15.3. The fourth-order valence-corrected chi connectivity index (χ4v) is 1.82. The van der Waals surface area contributed by atoms with Gasteiger partial charge in [0, 0.05) is 5.56 Å². The van der Waals surface area contributed by atoms with E-state index in [1.807, 2.05) is 30.3 Å². The van der Waals surface area contributed by atoms with Crippen LogP contribution in [-0.4, -0.2) is 25.8 Å². The van der Waals surface area contributed by atoms with Crippen molar-refractivity contribution in [2.45, 2.75) is 6.61 Å². The quantitative estimate of drug-likeness (QED) is 0.597. The Bertz CT molecular complexity index is 672. The molecule has 0 radical (unpaired) electrons. The lowest BCUT2D eigenvalue weighted by Gasteiger charge is -2.11. The van der Waals surface area contributed by atoms with Crippen LogP contribution in [0.25, 0.3) is 0 Å². The van der Waals surface area contributed by atoms with Gasteiger partial charge in [-0.15, -0.1) is 0 Å². The predicted molar refractivity (Wildman–Crippen MR) is 86.5 cm³/mol. The zero-order chi connectivity index (χ0) is 16.5. The molecule has 6 nitrogen and oxygen atoms in total. The predicted octanol–water partition coefficient (Wildman–Crippen LogP) is 2.11. The molecule has 0 unspecified atom stereocenters. The first-order chi connectivity index (χ1) is 11.2. The number of hydrogen-bond acceptors (Lipinski definition) is 5. The van der Waals surface area contributed by atoms with Gasteiger partial charge in [0.15, 0.2) is 18.1 Å². The van der Waals surface area contributed by atoms with Crippen molar-refractivity contribution < 1.29 is 19.1 Å². The number of primary amides is 1. The van der Waals surface area contributed by atoms with Crippen LogP contribution in [0, 0.1) is 0 Å². The number of hydrogen-bond donors (Lipinski definition) is 1. The summed E-state index contributed by atoms with van der Waals surface area (Å²) in [6.45, 7) is 0.193. The summed E-state index contributed by atoms with van der Waals surface area (Å²) in [5.41, 5.74) is 6.76. The number of carbonyl (C=O) groups excluding carboxylic acids is 1. The van der Waals surface area contributed by atoms with E-state index in [-0.39, 0.29) is 6.61 Å². The SMILES string of the molecule is COc1cc(C=NOCC(N)=O)ccc1OCc1ccccc1. The van der Waals surface area contributed by atoms with E-state index >= 15 is 0 Å². The fraction of sp³-hybridized carbons (Fsp3) is 0.176. The summed E-state index contributed by atoms with van der Waals surface area (Å²) >= 11 is 0. The Balaban J connectivity index is 2.00. The first-order valence-corrected chi connectivity index (χ1v) is 6.97. The molecule has 0 atom stereocenters. The number of nitrogens with zero attached hydrogens (tertiary/aromatic N) is 1. The number of oxime groups is 1. The summed E-state index contributed by atoms with van der Waals surface area (Å²) in [7, 11) is 1.56. The van der Waals surface area contributed by atoms with E-state index in [1.165, 1.54) is 6.21 Å². The second kappa shape index (κ2) is 8.43. The van der Waals surface area contributed by atoms with Gasteiger partial charge in [-0.2, -0.15) is 0 Å². The molecule has 0 aliphatic rings. The molecule has 0 spiro atoms. The molecule has 120 valence electrons. The molecule has 0 aliphatic carbocycles. The molecule has 0 aliphatic heterocycles. The number of nitrogens with two attached hydrogens (primary N) is 1. The maximum atomic E-state index is 10.5. The highest BCUT2D eigenvalue weighted by Gasteiger charge is 2.05. The molecule has 0 aromatic heterocycles. The van der Waals surface area contributed by atoms with E-state index in [0.717, 1.165) is 11.1 Å². The molecule has 6 heteroatoms. The van der Waals surface area contributed by atoms with Crippen molar-refractivity contribution >= 4 is 12.1 Å². The van der Waals surface area contributed by atoms with Crippen molar-refractivity contribution in [1.82, 2.24) is 0 Å². The van der Waals surface area contributed by atoms with Crippen LogP contribution in [0.1, 0.15) is 11.1 Å². The number of amides is 1. The maximum absolute atomic E-state index is 10.5. The Labute approximate surface area is 134 Å². The van der Waals surface area contributed by atoms with Crippen molar-refractivity contribution in [1.29, 1.82) is 0 Å². The Hall–Kier alpha value is -3.02. The lowest BCUT2D eigenvalue weighted by atomic mass is 10.2. The number of ether oxygens (including phenoxy) is 2. The topological polar surface area (TPSA) is 83.1 Å². The van der Waals surface area contributed by atoms with Crippen LogP contribution in [0.4, 0.5) is 0 Å². The van der Waals surface area contributed by atoms with E-state index in [1.54, 1.807) is 25.3 Å². The van der Waals surface area contributed by atoms with Crippen LogP contribution in [0.15, 0.2) is 53.7 Å². The molecule has 0 heterocycles. The number of methoxy groups -OCH3 is 1. The average molecular weight is 314 g/mol. The molecule has 1 amide bonds. The van der Waals surface area contributed by atoms with E-state index in [2.05, 4.69) is 5.16 Å². The summed E-state index contributed by atoms with van der Waals surface area (Å²) in [6, 6.07) is 15.2. The van der Waals surface area contributed by atoms with Crippen LogP contribution in [-0.2, 0) is 16.2 Å². The summed E-state index contributed by atoms with van der Waals surface area (Å²) < 4.78 is 11.1. The van der Waals surface area contributed by atoms with Crippen molar-refractivity contribution in [3.63, 3.8) is 0 Å². The third-order valence-corrected chi connectivity index (χ3v) is 2.91. The van der Waals surface area contributed by atoms with E-state index in [0.29, 0.717) is 18.1 Å². The molecule has 0 saturated carbocycles. The third kappa shape index (κ3) is 5.35. The largest absolute Gasteiger partial charge is 0.493 e. The minimum absolute atomic E-state index is 0.258. The molecule has 2 N–H and O–H groups in total. The van der Waals surface area contributed by atoms with E-state index in [9.17, 15) is 4.79 Å². The molecular weight excluding hydrogens is 296 g/mol. The van der Waals surface area contributed by atoms with Gasteiger partial charge in [0.1, 0.15) is 6.61 Å². The van der Waals surface area contributed by atoms with Gasteiger partial charge in [-0.1, -0.05) is 35.5 Å². The summed E-state index contributed by atoms with van der Waals surface area (Å²) in [5.74, 6) is 0.635. The van der Waals surface area contributed by atoms with Crippen LogP contribution < -0.4 is 15.2 Å². The first-order valence-electron chi connectivity index (χ1n) is 6.97. The van der Waals surface area contributed by atoms with Gasteiger partial charge in [-0.25, -0.2) is 0 Å². The minimum atomic E-state index is -0.579. The Kier molecular flexibility index (Phi) is 5.99. The Morgan fingerprint density at radius 3 is 2.65 bits per heavy atom. The highest BCUT2D eigenvalue weighted by Crippen LogP contribution is 2.28. The van der Waals surface area contributed by atoms with Gasteiger partial charge in [0.2, 0.25) is 0 Å². The van der Waals surface area contributed by atoms with Crippen LogP contribution >= 0.6 is 0 Å². The van der Waals surface area contributed by atoms with Gasteiger partial charge in [0.05, 0.1) is 13.3 Å². The molecule has 2 rings (SSSR count). The maximum Gasteiger partial charge on any atom is 0.258 e. The van der Waals surface area contributed by atoms with Gasteiger partial charge in [0.25, 0.3) is 5.91 Å². The monoisotopic (exact) mass is 314 g/mol. The van der Waals surface area contributed by atoms with E-state index in [4.69, 9.17) is 20.0 Å². The molecular formula is C17H18N2O4. The lowest BCUT2D eigenvalue weighted by Crippen LogP contribution is -2.16. The molecule has 0 saturated heterocycles. The standard InChI is InChI=1S/C17H18N2O4/c1-21-16-9-14(10-19-23-12-17(18)20)7-8-15(16)22-11-13-5-3-2-4-6-13/h2-10H,11-12H2,1H3,(H2,18,20). The number of carbonyl (C=O) groups is 1. The van der Waals surface area contributed by atoms with Gasteiger partial charge in [-0.3, -0.25) is 4.79 Å². The van der Waals surface area contributed by atoms with Gasteiger partial charge >= 0.3 is 0 Å². The normalized spacial score (nSPS) is 10.5. The zero-order valence-corrected chi connectivity index (χ0v) is 12.8. The second-order valence-corrected chi connectivity index (χ2v) is 4.66. The van der Waals surface area contributed by atoms with Crippen molar-refractivity contribution in [2.75, 3.05) is 13.7 Å². The van der Waals surface area contributed by atoms with Crippen molar-refractivity contribution in [2.24, 2.45) is 10.9 Å². The second-order valence-electron chi connectivity index (χ2n) is 4.66. The minimum Gasteiger partial charge on any atom is -0.493 e. The highest BCUT2D eigenvalue weighted by molar-refractivity contribution is 5.80. The zero-order valence-electron chi connectivity index (χ0n) is 12.8.